The molecule has 7 heteroatoms. The van der Waals surface area contributed by atoms with E-state index in [2.05, 4.69) is 0 Å². The van der Waals surface area contributed by atoms with Crippen LogP contribution in [0.4, 0.5) is 0 Å². The van der Waals surface area contributed by atoms with Crippen molar-refractivity contribution in [2.75, 3.05) is 0 Å². The summed E-state index contributed by atoms with van der Waals surface area (Å²) in [5, 5.41) is 10.1. The number of fused-ring (bicyclic) bond motifs is 1. The van der Waals surface area contributed by atoms with E-state index in [1.807, 2.05) is 30.3 Å². The molecule has 0 bridgehead atoms. The van der Waals surface area contributed by atoms with Crippen LogP contribution in [0, 0.1) is 11.8 Å². The van der Waals surface area contributed by atoms with Gasteiger partial charge in [-0.3, -0.25) is 4.79 Å². The molecule has 0 spiro atoms. The van der Waals surface area contributed by atoms with Crippen molar-refractivity contribution in [1.82, 2.24) is 0 Å². The number of carbonyl (C=O) groups excluding carboxylic acids is 1. The molecule has 2 aliphatic rings. The molecule has 1 fully saturated rings. The van der Waals surface area contributed by atoms with E-state index in [1.54, 1.807) is 18.2 Å². The topological polar surface area (TPSA) is 63.6 Å². The number of halogens is 3. The van der Waals surface area contributed by atoms with Crippen LogP contribution >= 0.6 is 34.8 Å². The highest BCUT2D eigenvalue weighted by Gasteiger charge is 2.39. The quantitative estimate of drug-likeness (QED) is 0.350. The predicted molar refractivity (Wildman–Crippen MR) is 138 cm³/mol. The smallest absolute Gasteiger partial charge is 0.337 e. The monoisotopic (exact) mass is 528 g/mol. The number of benzene rings is 3. The number of carboxylic acid groups (broad SMARTS) is 1. The molecule has 0 aromatic heterocycles. The van der Waals surface area contributed by atoms with E-state index < -0.39 is 5.97 Å². The second-order valence-corrected chi connectivity index (χ2v) is 10.4. The minimum atomic E-state index is -1.08. The molecule has 0 saturated heterocycles. The van der Waals surface area contributed by atoms with E-state index in [4.69, 9.17) is 39.5 Å². The number of aromatic carboxylic acids is 1. The van der Waals surface area contributed by atoms with Crippen molar-refractivity contribution in [2.45, 2.75) is 38.7 Å². The Morgan fingerprint density at radius 1 is 0.971 bits per heavy atom. The van der Waals surface area contributed by atoms with Crippen LogP contribution in [0.1, 0.15) is 57.5 Å². The van der Waals surface area contributed by atoms with Crippen LogP contribution in [0.25, 0.3) is 11.1 Å². The zero-order valence-electron chi connectivity index (χ0n) is 18.8. The summed E-state index contributed by atoms with van der Waals surface area (Å²) in [7, 11) is 0. The summed E-state index contributed by atoms with van der Waals surface area (Å²) in [6, 6.07) is 14.4. The van der Waals surface area contributed by atoms with E-state index in [0.29, 0.717) is 23.7 Å². The molecule has 2 aliphatic carbocycles. The lowest BCUT2D eigenvalue weighted by Crippen LogP contribution is -2.18. The standard InChI is InChI=1S/C28H23Cl3O4/c29-22-9-8-18(11-21(22)28(33)34)17-7-3-4-15(10-17)14-35-23-13-19-12-20(16-5-1-2-6-16)27(32)24(19)26(31)25(23)30/h3-4,7-11,13,16,20H,1-2,5-6,12,14H2,(H,33,34). The van der Waals surface area contributed by atoms with Gasteiger partial charge in [0.2, 0.25) is 0 Å². The maximum atomic E-state index is 13.1. The van der Waals surface area contributed by atoms with Crippen LogP contribution in [-0.2, 0) is 13.0 Å². The van der Waals surface area contributed by atoms with Gasteiger partial charge < -0.3 is 9.84 Å². The highest BCUT2D eigenvalue weighted by atomic mass is 35.5. The molecular formula is C28H23Cl3O4. The van der Waals surface area contributed by atoms with E-state index in [1.165, 1.54) is 12.8 Å². The minimum Gasteiger partial charge on any atom is -0.487 e. The third-order valence-corrected chi connectivity index (χ3v) is 8.28. The third-order valence-electron chi connectivity index (χ3n) is 7.10. The first-order valence-electron chi connectivity index (χ1n) is 11.6. The molecule has 0 heterocycles. The third kappa shape index (κ3) is 4.67. The number of ether oxygens (including phenoxy) is 1. The van der Waals surface area contributed by atoms with Crippen molar-refractivity contribution >= 4 is 46.6 Å². The van der Waals surface area contributed by atoms with Crippen LogP contribution in [-0.4, -0.2) is 16.9 Å². The Kier molecular flexibility index (Phi) is 6.80. The SMILES string of the molecule is O=C(O)c1cc(-c2cccc(COc3cc4c(c(Cl)c3Cl)C(=O)C(C3CCCC3)C4)c2)ccc1Cl. The molecule has 0 aliphatic heterocycles. The zero-order valence-corrected chi connectivity index (χ0v) is 21.1. The number of hydrogen-bond acceptors (Lipinski definition) is 3. The largest absolute Gasteiger partial charge is 0.487 e. The molecule has 35 heavy (non-hydrogen) atoms. The van der Waals surface area contributed by atoms with Gasteiger partial charge in [0, 0.05) is 11.5 Å². The summed E-state index contributed by atoms with van der Waals surface area (Å²) in [6.45, 7) is 0.238. The maximum Gasteiger partial charge on any atom is 0.337 e. The van der Waals surface area contributed by atoms with Gasteiger partial charge in [0.05, 0.1) is 15.6 Å². The predicted octanol–water partition coefficient (Wildman–Crippen LogP) is 8.14. The Morgan fingerprint density at radius 3 is 2.46 bits per heavy atom. The van der Waals surface area contributed by atoms with Crippen molar-refractivity contribution in [2.24, 2.45) is 11.8 Å². The summed E-state index contributed by atoms with van der Waals surface area (Å²) in [5.41, 5.74) is 3.97. The van der Waals surface area contributed by atoms with E-state index in [-0.39, 0.29) is 38.9 Å². The first-order valence-corrected chi connectivity index (χ1v) is 12.8. The number of Topliss-reactive ketones (excluding diaryl/α,β-unsaturated/α-hetero) is 1. The molecule has 1 unspecified atom stereocenters. The van der Waals surface area contributed by atoms with Gasteiger partial charge in [0.25, 0.3) is 0 Å². The highest BCUT2D eigenvalue weighted by molar-refractivity contribution is 6.45. The van der Waals surface area contributed by atoms with Crippen molar-refractivity contribution in [1.29, 1.82) is 0 Å². The Morgan fingerprint density at radius 2 is 1.71 bits per heavy atom. The van der Waals surface area contributed by atoms with E-state index in [0.717, 1.165) is 35.1 Å². The molecule has 4 nitrogen and oxygen atoms in total. The van der Waals surface area contributed by atoms with Crippen molar-refractivity contribution in [3.63, 3.8) is 0 Å². The number of hydrogen-bond donors (Lipinski definition) is 1. The first kappa shape index (κ1) is 24.2. The summed E-state index contributed by atoms with van der Waals surface area (Å²) < 4.78 is 6.05. The molecule has 0 amide bonds. The Balaban J connectivity index is 1.36. The fraction of sp³-hybridized carbons (Fsp3) is 0.286. The van der Waals surface area contributed by atoms with Crippen LogP contribution < -0.4 is 4.74 Å². The Labute approximate surface area is 218 Å². The molecule has 1 atom stereocenters. The molecule has 1 saturated carbocycles. The van der Waals surface area contributed by atoms with Crippen LogP contribution in [0.2, 0.25) is 15.1 Å². The Hall–Kier alpha value is -2.53. The fourth-order valence-corrected chi connectivity index (χ4v) is 6.02. The normalized spacial score (nSPS) is 17.6. The number of ketones is 1. The van der Waals surface area contributed by atoms with Gasteiger partial charge in [-0.15, -0.1) is 0 Å². The maximum absolute atomic E-state index is 13.1. The summed E-state index contributed by atoms with van der Waals surface area (Å²) >= 11 is 19.1. The van der Waals surface area contributed by atoms with E-state index in [9.17, 15) is 14.7 Å². The molecule has 1 N–H and O–H groups in total. The summed E-state index contributed by atoms with van der Waals surface area (Å²) in [4.78, 5) is 24.5. The van der Waals surface area contributed by atoms with Crippen molar-refractivity contribution < 1.29 is 19.4 Å². The Bertz CT molecular complexity index is 1330. The number of carboxylic acids is 1. The molecule has 3 aromatic rings. The van der Waals surface area contributed by atoms with Gasteiger partial charge in [-0.1, -0.05) is 71.9 Å². The highest BCUT2D eigenvalue weighted by Crippen LogP contribution is 2.46. The second kappa shape index (κ2) is 9.85. The van der Waals surface area contributed by atoms with Gasteiger partial charge in [-0.05, 0) is 71.7 Å². The van der Waals surface area contributed by atoms with E-state index >= 15 is 0 Å². The van der Waals surface area contributed by atoms with Gasteiger partial charge in [0.1, 0.15) is 17.4 Å². The second-order valence-electron chi connectivity index (χ2n) is 9.25. The van der Waals surface area contributed by atoms with Gasteiger partial charge in [-0.2, -0.15) is 0 Å². The number of rotatable bonds is 6. The van der Waals surface area contributed by atoms with Crippen LogP contribution in [0.15, 0.2) is 48.5 Å². The number of carbonyl (C=O) groups is 2. The average molecular weight is 530 g/mol. The van der Waals surface area contributed by atoms with Crippen molar-refractivity contribution in [3.8, 4) is 16.9 Å². The van der Waals surface area contributed by atoms with Gasteiger partial charge >= 0.3 is 5.97 Å². The lowest BCUT2D eigenvalue weighted by molar-refractivity contribution is 0.0696. The molecule has 180 valence electrons. The fourth-order valence-electron chi connectivity index (χ4n) is 5.31. The zero-order chi connectivity index (χ0) is 24.7. The van der Waals surface area contributed by atoms with Gasteiger partial charge in [0.15, 0.2) is 5.78 Å². The molecule has 0 radical (unpaired) electrons. The minimum absolute atomic E-state index is 0.0110. The average Bonchev–Trinajstić information content (AvgIpc) is 3.49. The summed E-state index contributed by atoms with van der Waals surface area (Å²) in [5.74, 6) is -0.0929. The van der Waals surface area contributed by atoms with Crippen molar-refractivity contribution in [3.05, 3.63) is 85.9 Å². The molecular weight excluding hydrogens is 507 g/mol. The van der Waals surface area contributed by atoms with Crippen LogP contribution in [0.3, 0.4) is 0 Å². The lowest BCUT2D eigenvalue weighted by Gasteiger charge is -2.15. The van der Waals surface area contributed by atoms with Crippen LogP contribution in [0.5, 0.6) is 5.75 Å². The molecule has 5 rings (SSSR count). The summed E-state index contributed by atoms with van der Waals surface area (Å²) in [6.07, 6.45) is 5.23. The first-order chi connectivity index (χ1) is 16.8. The lowest BCUT2D eigenvalue weighted by atomic mass is 9.88. The molecule has 3 aromatic carbocycles. The van der Waals surface area contributed by atoms with Gasteiger partial charge in [-0.25, -0.2) is 4.79 Å².